The molecule has 3 rings (SSSR count). The highest BCUT2D eigenvalue weighted by molar-refractivity contribution is 7.99. The van der Waals surface area contributed by atoms with Crippen molar-refractivity contribution < 1.29 is 0 Å². The third-order valence-electron chi connectivity index (χ3n) is 2.52. The van der Waals surface area contributed by atoms with E-state index in [4.69, 9.17) is 5.73 Å². The summed E-state index contributed by atoms with van der Waals surface area (Å²) in [4.78, 5) is 6.79. The van der Waals surface area contributed by atoms with Crippen molar-refractivity contribution in [2.24, 2.45) is 4.99 Å². The third kappa shape index (κ3) is 1.49. The highest BCUT2D eigenvalue weighted by atomic mass is 32.2. The number of rotatable bonds is 0. The number of fused-ring (bicyclic) bond motifs is 2. The van der Waals surface area contributed by atoms with E-state index < -0.39 is 0 Å². The van der Waals surface area contributed by atoms with Crippen LogP contribution in [0.25, 0.3) is 0 Å². The molecule has 78 valence electrons. The predicted octanol–water partition coefficient (Wildman–Crippen LogP) is 3.48. The molecule has 0 aromatic heterocycles. The average Bonchev–Trinajstić information content (AvgIpc) is 2.48. The lowest BCUT2D eigenvalue weighted by atomic mass is 10.2. The molecule has 0 saturated heterocycles. The van der Waals surface area contributed by atoms with Crippen LogP contribution >= 0.6 is 11.8 Å². The van der Waals surface area contributed by atoms with Crippen LogP contribution in [-0.2, 0) is 0 Å². The van der Waals surface area contributed by atoms with Gasteiger partial charge in [-0.25, -0.2) is 0 Å². The van der Waals surface area contributed by atoms with Gasteiger partial charge in [-0.05, 0) is 24.3 Å². The van der Waals surface area contributed by atoms with Gasteiger partial charge in [0.25, 0.3) is 0 Å². The maximum absolute atomic E-state index is 5.94. The van der Waals surface area contributed by atoms with E-state index in [1.54, 1.807) is 11.8 Å². The van der Waals surface area contributed by atoms with Crippen LogP contribution in [0.15, 0.2) is 57.2 Å². The second kappa shape index (κ2) is 3.68. The molecule has 0 amide bonds. The number of benzene rings is 2. The molecule has 0 bridgehead atoms. The van der Waals surface area contributed by atoms with Gasteiger partial charge in [0.2, 0.25) is 0 Å². The minimum absolute atomic E-state index is 0.779. The Hall–Kier alpha value is -1.74. The maximum Gasteiger partial charge on any atom is 0.0769 e. The summed E-state index contributed by atoms with van der Waals surface area (Å²) in [5, 5.41) is 0. The third-order valence-corrected chi connectivity index (χ3v) is 3.66. The summed E-state index contributed by atoms with van der Waals surface area (Å²) in [6.45, 7) is 0. The lowest BCUT2D eigenvalue weighted by molar-refractivity contribution is 1.39. The highest BCUT2D eigenvalue weighted by Gasteiger charge is 2.11. The Morgan fingerprint density at radius 3 is 2.69 bits per heavy atom. The van der Waals surface area contributed by atoms with Crippen molar-refractivity contribution in [2.45, 2.75) is 9.79 Å². The molecule has 2 N–H and O–H groups in total. The van der Waals surface area contributed by atoms with Crippen molar-refractivity contribution in [3.8, 4) is 0 Å². The van der Waals surface area contributed by atoms with Gasteiger partial charge in [0.15, 0.2) is 0 Å². The average molecular weight is 226 g/mol. The van der Waals surface area contributed by atoms with Crippen LogP contribution in [0, 0.1) is 0 Å². The van der Waals surface area contributed by atoms with Crippen molar-refractivity contribution in [2.75, 3.05) is 5.73 Å². The minimum Gasteiger partial charge on any atom is -0.398 e. The second-order valence-corrected chi connectivity index (χ2v) is 4.67. The van der Waals surface area contributed by atoms with E-state index >= 15 is 0 Å². The lowest BCUT2D eigenvalue weighted by Crippen LogP contribution is -1.93. The number of aliphatic imine (C=N–C) groups is 1. The molecule has 0 saturated carbocycles. The summed E-state index contributed by atoms with van der Waals surface area (Å²) in [5.74, 6) is 0. The Labute approximate surface area is 98.2 Å². The van der Waals surface area contributed by atoms with E-state index in [9.17, 15) is 0 Å². The van der Waals surface area contributed by atoms with Crippen LogP contribution in [0.1, 0.15) is 5.56 Å². The van der Waals surface area contributed by atoms with Crippen LogP contribution in [0.5, 0.6) is 0 Å². The van der Waals surface area contributed by atoms with Crippen LogP contribution in [0.3, 0.4) is 0 Å². The molecule has 2 aromatic carbocycles. The number of nitrogens with zero attached hydrogens (tertiary/aromatic N) is 1. The fourth-order valence-electron chi connectivity index (χ4n) is 1.69. The summed E-state index contributed by atoms with van der Waals surface area (Å²) in [6.07, 6.45) is 1.85. The first-order chi connectivity index (χ1) is 7.84. The molecule has 2 aromatic rings. The summed E-state index contributed by atoms with van der Waals surface area (Å²) >= 11 is 1.71. The maximum atomic E-state index is 5.94. The fraction of sp³-hybridized carbons (Fsp3) is 0. The highest BCUT2D eigenvalue weighted by Crippen LogP contribution is 2.39. The normalized spacial score (nSPS) is 12.8. The molecule has 0 atom stereocenters. The first-order valence-electron chi connectivity index (χ1n) is 5.04. The van der Waals surface area contributed by atoms with Gasteiger partial charge in [0, 0.05) is 27.3 Å². The van der Waals surface area contributed by atoms with Crippen molar-refractivity contribution in [1.82, 2.24) is 0 Å². The van der Waals surface area contributed by atoms with Crippen LogP contribution in [0.4, 0.5) is 11.4 Å². The minimum atomic E-state index is 0.779. The molecule has 1 aliphatic rings. The number of hydrogen-bond acceptors (Lipinski definition) is 3. The molecule has 1 aliphatic heterocycles. The summed E-state index contributed by atoms with van der Waals surface area (Å²) in [5.41, 5.74) is 8.74. The van der Waals surface area contributed by atoms with Gasteiger partial charge in [-0.2, -0.15) is 0 Å². The second-order valence-electron chi connectivity index (χ2n) is 3.59. The first kappa shape index (κ1) is 9.48. The molecule has 1 heterocycles. The number of hydrogen-bond donors (Lipinski definition) is 1. The van der Waals surface area contributed by atoms with E-state index in [0.717, 1.165) is 21.8 Å². The zero-order valence-corrected chi connectivity index (χ0v) is 9.37. The number of anilines is 1. The molecule has 0 unspecified atom stereocenters. The van der Waals surface area contributed by atoms with Gasteiger partial charge in [-0.3, -0.25) is 4.99 Å². The standard InChI is InChI=1S/C13H10N2S/c14-10-4-3-7-12-9(10)8-15-11-5-1-2-6-13(11)16-12/h1-8H,14H2. The molecular formula is C13H10N2S. The quantitative estimate of drug-likeness (QED) is 0.596. The largest absolute Gasteiger partial charge is 0.398 e. The Kier molecular flexibility index (Phi) is 2.18. The zero-order chi connectivity index (χ0) is 11.0. The SMILES string of the molecule is Nc1cccc2c1C=Nc1ccccc1S2. The van der Waals surface area contributed by atoms with Crippen LogP contribution in [0.2, 0.25) is 0 Å². The van der Waals surface area contributed by atoms with Crippen molar-refractivity contribution in [1.29, 1.82) is 0 Å². The number of nitrogens with two attached hydrogens (primary N) is 1. The molecule has 0 spiro atoms. The molecule has 0 fully saturated rings. The number of nitrogen functional groups attached to an aromatic ring is 1. The molecule has 16 heavy (non-hydrogen) atoms. The topological polar surface area (TPSA) is 38.4 Å². The van der Waals surface area contributed by atoms with Gasteiger partial charge >= 0.3 is 0 Å². The molecule has 2 nitrogen and oxygen atoms in total. The Morgan fingerprint density at radius 2 is 1.75 bits per heavy atom. The van der Waals surface area contributed by atoms with Crippen LogP contribution < -0.4 is 5.73 Å². The Balaban J connectivity index is 2.21. The van der Waals surface area contributed by atoms with Gasteiger partial charge < -0.3 is 5.73 Å². The van der Waals surface area contributed by atoms with Crippen LogP contribution in [-0.4, -0.2) is 6.21 Å². The van der Waals surface area contributed by atoms with E-state index in [0.29, 0.717) is 0 Å². The summed E-state index contributed by atoms with van der Waals surface area (Å²) in [7, 11) is 0. The lowest BCUT2D eigenvalue weighted by Gasteiger charge is -2.05. The zero-order valence-electron chi connectivity index (χ0n) is 8.55. The van der Waals surface area contributed by atoms with Crippen molar-refractivity contribution >= 4 is 29.4 Å². The van der Waals surface area contributed by atoms with Gasteiger partial charge in [-0.15, -0.1) is 0 Å². The van der Waals surface area contributed by atoms with E-state index in [1.165, 1.54) is 4.90 Å². The van der Waals surface area contributed by atoms with E-state index in [2.05, 4.69) is 17.1 Å². The Morgan fingerprint density at radius 1 is 0.938 bits per heavy atom. The first-order valence-corrected chi connectivity index (χ1v) is 5.86. The molecule has 3 heteroatoms. The van der Waals surface area contributed by atoms with Crippen molar-refractivity contribution in [3.63, 3.8) is 0 Å². The Bertz CT molecular complexity index is 576. The predicted molar refractivity (Wildman–Crippen MR) is 68.7 cm³/mol. The van der Waals surface area contributed by atoms with Gasteiger partial charge in [-0.1, -0.05) is 30.0 Å². The molecule has 0 radical (unpaired) electrons. The number of para-hydroxylation sites is 1. The van der Waals surface area contributed by atoms with Gasteiger partial charge in [0.1, 0.15) is 0 Å². The van der Waals surface area contributed by atoms with Gasteiger partial charge in [0.05, 0.1) is 5.69 Å². The summed E-state index contributed by atoms with van der Waals surface area (Å²) in [6, 6.07) is 14.1. The monoisotopic (exact) mass is 226 g/mol. The van der Waals surface area contributed by atoms with Crippen molar-refractivity contribution in [3.05, 3.63) is 48.0 Å². The van der Waals surface area contributed by atoms with E-state index in [1.807, 2.05) is 36.5 Å². The smallest absolute Gasteiger partial charge is 0.0769 e. The molecule has 0 aliphatic carbocycles. The molecular weight excluding hydrogens is 216 g/mol. The summed E-state index contributed by atoms with van der Waals surface area (Å²) < 4.78 is 0. The fourth-order valence-corrected chi connectivity index (χ4v) is 2.73. The van der Waals surface area contributed by atoms with E-state index in [-0.39, 0.29) is 0 Å².